The normalized spacial score (nSPS) is 11.6. The van der Waals surface area contributed by atoms with Crippen LogP contribution in [0.5, 0.6) is 0 Å². The predicted molar refractivity (Wildman–Crippen MR) is 100 cm³/mol. The number of aromatic nitrogens is 4. The van der Waals surface area contributed by atoms with Crippen LogP contribution in [0.15, 0.2) is 67.3 Å². The first-order chi connectivity index (χ1) is 13.9. The first kappa shape index (κ1) is 18.6. The van der Waals surface area contributed by atoms with Crippen molar-refractivity contribution in [1.82, 2.24) is 19.7 Å². The maximum Gasteiger partial charge on any atom is 0.416 e. The van der Waals surface area contributed by atoms with Crippen molar-refractivity contribution in [2.24, 2.45) is 0 Å². The molecule has 4 rings (SSSR count). The molecule has 0 aliphatic carbocycles. The summed E-state index contributed by atoms with van der Waals surface area (Å²) in [7, 11) is 0. The fourth-order valence-corrected chi connectivity index (χ4v) is 2.91. The molecule has 2 heterocycles. The van der Waals surface area contributed by atoms with Crippen LogP contribution in [0.2, 0.25) is 0 Å². The highest BCUT2D eigenvalue weighted by Gasteiger charge is 2.30. The molecule has 0 radical (unpaired) electrons. The predicted octanol–water partition coefficient (Wildman–Crippen LogP) is 4.15. The minimum absolute atomic E-state index is 0.253. The quantitative estimate of drug-likeness (QED) is 0.562. The van der Waals surface area contributed by atoms with E-state index < -0.39 is 17.6 Å². The minimum Gasteiger partial charge on any atom is -0.304 e. The molecule has 29 heavy (non-hydrogen) atoms. The maximum absolute atomic E-state index is 12.8. The van der Waals surface area contributed by atoms with E-state index in [0.29, 0.717) is 16.8 Å². The van der Waals surface area contributed by atoms with E-state index in [1.807, 2.05) is 24.3 Å². The topological polar surface area (TPSA) is 72.7 Å². The molecule has 0 unspecified atom stereocenters. The van der Waals surface area contributed by atoms with Crippen molar-refractivity contribution < 1.29 is 18.0 Å². The average Bonchev–Trinajstić information content (AvgIpc) is 3.06. The van der Waals surface area contributed by atoms with E-state index >= 15 is 0 Å². The molecule has 0 saturated carbocycles. The highest BCUT2D eigenvalue weighted by Crippen LogP contribution is 2.29. The van der Waals surface area contributed by atoms with Crippen LogP contribution in [0, 0.1) is 0 Å². The van der Waals surface area contributed by atoms with Crippen LogP contribution >= 0.6 is 0 Å². The average molecular weight is 397 g/mol. The summed E-state index contributed by atoms with van der Waals surface area (Å²) in [4.78, 5) is 20.0. The van der Waals surface area contributed by atoms with E-state index in [-0.39, 0.29) is 12.1 Å². The Morgan fingerprint density at radius 3 is 2.38 bits per heavy atom. The Kier molecular flexibility index (Phi) is 4.71. The number of amides is 1. The molecule has 1 amide bonds. The van der Waals surface area contributed by atoms with Crippen LogP contribution in [0.1, 0.15) is 21.5 Å². The van der Waals surface area contributed by atoms with Crippen molar-refractivity contribution in [2.75, 3.05) is 5.32 Å². The minimum atomic E-state index is -4.38. The second-order valence-corrected chi connectivity index (χ2v) is 6.30. The van der Waals surface area contributed by atoms with Crippen LogP contribution in [-0.2, 0) is 12.7 Å². The number of carbonyl (C=O) groups is 1. The third-order valence-corrected chi connectivity index (χ3v) is 4.33. The van der Waals surface area contributed by atoms with Crippen LogP contribution < -0.4 is 5.32 Å². The standard InChI is InChI=1S/C20H14F3N5O/c21-20(22,23)15-7-5-13(6-8-15)11-28-17-4-2-1-3-16(17)18(27-28)26-19(29)14-9-24-12-25-10-14/h1-10,12H,11H2,(H,26,27,29). The number of alkyl halides is 3. The molecule has 2 aromatic heterocycles. The number of nitrogens with zero attached hydrogens (tertiary/aromatic N) is 4. The van der Waals surface area contributed by atoms with E-state index in [1.165, 1.54) is 30.9 Å². The third-order valence-electron chi connectivity index (χ3n) is 4.33. The van der Waals surface area contributed by atoms with Gasteiger partial charge in [0.25, 0.3) is 5.91 Å². The number of carbonyl (C=O) groups excluding carboxylic acids is 1. The van der Waals surface area contributed by atoms with E-state index in [9.17, 15) is 18.0 Å². The number of para-hydroxylation sites is 1. The summed E-state index contributed by atoms with van der Waals surface area (Å²) in [6, 6.07) is 12.2. The molecule has 0 spiro atoms. The summed E-state index contributed by atoms with van der Waals surface area (Å²) in [5.74, 6) is -0.0584. The molecule has 0 aliphatic heterocycles. The lowest BCUT2D eigenvalue weighted by Crippen LogP contribution is -2.13. The number of benzene rings is 2. The summed E-state index contributed by atoms with van der Waals surface area (Å²) in [5, 5.41) is 7.89. The van der Waals surface area contributed by atoms with Gasteiger partial charge in [-0.05, 0) is 29.8 Å². The summed E-state index contributed by atoms with van der Waals surface area (Å²) in [5.41, 5.74) is 0.978. The zero-order chi connectivity index (χ0) is 20.4. The number of rotatable bonds is 4. The van der Waals surface area contributed by atoms with Gasteiger partial charge in [0.15, 0.2) is 5.82 Å². The number of fused-ring (bicyclic) bond motifs is 1. The molecule has 1 N–H and O–H groups in total. The SMILES string of the molecule is O=C(Nc1nn(Cc2ccc(C(F)(F)F)cc2)c2ccccc12)c1cncnc1. The fourth-order valence-electron chi connectivity index (χ4n) is 2.91. The second-order valence-electron chi connectivity index (χ2n) is 6.30. The lowest BCUT2D eigenvalue weighted by atomic mass is 10.1. The van der Waals surface area contributed by atoms with Gasteiger partial charge < -0.3 is 5.32 Å². The molecule has 2 aromatic carbocycles. The Bertz CT molecular complexity index is 1150. The van der Waals surface area contributed by atoms with E-state index in [4.69, 9.17) is 0 Å². The summed E-state index contributed by atoms with van der Waals surface area (Å²) >= 11 is 0. The number of anilines is 1. The first-order valence-corrected chi connectivity index (χ1v) is 8.60. The van der Waals surface area contributed by atoms with Gasteiger partial charge >= 0.3 is 6.18 Å². The molecular formula is C20H14F3N5O. The smallest absolute Gasteiger partial charge is 0.304 e. The largest absolute Gasteiger partial charge is 0.416 e. The van der Waals surface area contributed by atoms with Crippen molar-refractivity contribution in [3.05, 3.63) is 83.9 Å². The molecule has 0 saturated heterocycles. The van der Waals surface area contributed by atoms with Gasteiger partial charge in [-0.25, -0.2) is 9.97 Å². The molecular weight excluding hydrogens is 383 g/mol. The van der Waals surface area contributed by atoms with Crippen molar-refractivity contribution in [3.8, 4) is 0 Å². The van der Waals surface area contributed by atoms with Crippen molar-refractivity contribution in [2.45, 2.75) is 12.7 Å². The van der Waals surface area contributed by atoms with E-state index in [0.717, 1.165) is 17.6 Å². The molecule has 146 valence electrons. The molecule has 6 nitrogen and oxygen atoms in total. The van der Waals surface area contributed by atoms with Crippen LogP contribution in [-0.4, -0.2) is 25.7 Å². The van der Waals surface area contributed by atoms with E-state index in [1.54, 1.807) is 4.68 Å². The molecule has 4 aromatic rings. The lowest BCUT2D eigenvalue weighted by Gasteiger charge is -2.08. The number of hydrogen-bond donors (Lipinski definition) is 1. The Morgan fingerprint density at radius 2 is 1.69 bits per heavy atom. The lowest BCUT2D eigenvalue weighted by molar-refractivity contribution is -0.137. The first-order valence-electron chi connectivity index (χ1n) is 8.60. The third kappa shape index (κ3) is 3.93. The van der Waals surface area contributed by atoms with Gasteiger partial charge in [-0.15, -0.1) is 0 Å². The molecule has 0 aliphatic rings. The molecule has 0 atom stereocenters. The Labute approximate surface area is 163 Å². The highest BCUT2D eigenvalue weighted by atomic mass is 19.4. The Balaban J connectivity index is 1.63. The van der Waals surface area contributed by atoms with E-state index in [2.05, 4.69) is 20.4 Å². The maximum atomic E-state index is 12.8. The van der Waals surface area contributed by atoms with Crippen molar-refractivity contribution >= 4 is 22.6 Å². The zero-order valence-electron chi connectivity index (χ0n) is 14.9. The fraction of sp³-hybridized carbons (Fsp3) is 0.100. The van der Waals surface area contributed by atoms with Gasteiger partial charge in [-0.2, -0.15) is 18.3 Å². The van der Waals surface area contributed by atoms with Gasteiger partial charge in [0, 0.05) is 17.8 Å². The van der Waals surface area contributed by atoms with Crippen LogP contribution in [0.3, 0.4) is 0 Å². The molecule has 0 fully saturated rings. The number of halogens is 3. The summed E-state index contributed by atoms with van der Waals surface area (Å²) < 4.78 is 39.9. The second kappa shape index (κ2) is 7.34. The number of nitrogens with one attached hydrogen (secondary N) is 1. The van der Waals surface area contributed by atoms with Gasteiger partial charge in [0.05, 0.1) is 23.2 Å². The zero-order valence-corrected chi connectivity index (χ0v) is 14.9. The molecule has 9 heteroatoms. The summed E-state index contributed by atoms with van der Waals surface area (Å²) in [6.07, 6.45) is -0.270. The highest BCUT2D eigenvalue weighted by molar-refractivity contribution is 6.07. The monoisotopic (exact) mass is 397 g/mol. The molecule has 0 bridgehead atoms. The van der Waals surface area contributed by atoms with Gasteiger partial charge in [0.1, 0.15) is 6.33 Å². The number of hydrogen-bond acceptors (Lipinski definition) is 4. The van der Waals surface area contributed by atoms with Gasteiger partial charge in [0.2, 0.25) is 0 Å². The van der Waals surface area contributed by atoms with Gasteiger partial charge in [-0.1, -0.05) is 24.3 Å². The van der Waals surface area contributed by atoms with Crippen LogP contribution in [0.4, 0.5) is 19.0 Å². The Hall–Kier alpha value is -3.75. The van der Waals surface area contributed by atoms with Crippen molar-refractivity contribution in [1.29, 1.82) is 0 Å². The van der Waals surface area contributed by atoms with Gasteiger partial charge in [-0.3, -0.25) is 9.48 Å². The summed E-state index contributed by atoms with van der Waals surface area (Å²) in [6.45, 7) is 0.253. The van der Waals surface area contributed by atoms with Crippen LogP contribution in [0.25, 0.3) is 10.9 Å². The van der Waals surface area contributed by atoms with Crippen molar-refractivity contribution in [3.63, 3.8) is 0 Å². The Morgan fingerprint density at radius 1 is 1.00 bits per heavy atom.